The number of fused-ring (bicyclic) bond motifs is 1. The molecule has 0 aliphatic carbocycles. The summed E-state index contributed by atoms with van der Waals surface area (Å²) in [6.07, 6.45) is -0.452. The Balaban J connectivity index is 2.18. The molecule has 0 spiro atoms. The third-order valence-corrected chi connectivity index (χ3v) is 4.55. The lowest BCUT2D eigenvalue weighted by Crippen LogP contribution is -2.36. The fourth-order valence-electron chi connectivity index (χ4n) is 3.13. The molecule has 0 fully saturated rings. The number of Topliss-reactive ketones (excluding diaryl/α,β-unsaturated/α-hetero) is 1. The Bertz CT molecular complexity index is 897. The Morgan fingerprint density at radius 1 is 1.19 bits per heavy atom. The molecule has 1 aliphatic rings. The number of allylic oxidation sites excluding steroid dienone is 2. The summed E-state index contributed by atoms with van der Waals surface area (Å²) in [5.74, 6) is -1.49. The Morgan fingerprint density at radius 2 is 1.85 bits per heavy atom. The highest BCUT2D eigenvalue weighted by Crippen LogP contribution is 2.52. The van der Waals surface area contributed by atoms with Gasteiger partial charge in [0.25, 0.3) is 0 Å². The van der Waals surface area contributed by atoms with Crippen molar-refractivity contribution in [3.05, 3.63) is 58.7 Å². The number of phenols is 2. The molecule has 0 saturated carbocycles. The van der Waals surface area contributed by atoms with Crippen molar-refractivity contribution in [1.29, 1.82) is 0 Å². The molecule has 1 heterocycles. The van der Waals surface area contributed by atoms with Crippen LogP contribution in [0.1, 0.15) is 41.4 Å². The Kier molecular flexibility index (Phi) is 5.10. The Labute approximate surface area is 157 Å². The number of carbonyl (C=O) groups is 1. The summed E-state index contributed by atoms with van der Waals surface area (Å²) < 4.78 is 11.1. The molecule has 6 heteroatoms. The van der Waals surface area contributed by atoms with Crippen molar-refractivity contribution in [2.75, 3.05) is 7.11 Å². The Hall–Kier alpha value is -2.99. The van der Waals surface area contributed by atoms with Gasteiger partial charge in [-0.25, -0.2) is 0 Å². The number of phenolic OH excluding ortho intramolecular Hbond substituents is 2. The van der Waals surface area contributed by atoms with Gasteiger partial charge in [0.2, 0.25) is 11.5 Å². The van der Waals surface area contributed by atoms with Gasteiger partial charge in [-0.3, -0.25) is 4.79 Å². The lowest BCUT2D eigenvalue weighted by molar-refractivity contribution is 0.0197. The minimum absolute atomic E-state index is 0.0406. The molecular weight excluding hydrogens is 348 g/mol. The molecule has 1 aliphatic heterocycles. The number of methoxy groups -OCH3 is 1. The molecule has 2 aromatic carbocycles. The number of hydrogen-bond acceptors (Lipinski definition) is 6. The third-order valence-electron chi connectivity index (χ3n) is 4.55. The van der Waals surface area contributed by atoms with Crippen molar-refractivity contribution >= 4 is 5.78 Å². The van der Waals surface area contributed by atoms with Gasteiger partial charge in [-0.2, -0.15) is 0 Å². The van der Waals surface area contributed by atoms with Gasteiger partial charge >= 0.3 is 0 Å². The van der Waals surface area contributed by atoms with Crippen LogP contribution in [0.15, 0.2) is 42.0 Å². The summed E-state index contributed by atoms with van der Waals surface area (Å²) in [5.41, 5.74) is 1.55. The highest BCUT2D eigenvalue weighted by atomic mass is 16.5. The van der Waals surface area contributed by atoms with Crippen LogP contribution in [-0.4, -0.2) is 34.3 Å². The van der Waals surface area contributed by atoms with E-state index in [1.54, 1.807) is 30.3 Å². The van der Waals surface area contributed by atoms with Crippen molar-refractivity contribution in [2.45, 2.75) is 32.5 Å². The van der Waals surface area contributed by atoms with E-state index >= 15 is 0 Å². The predicted molar refractivity (Wildman–Crippen MR) is 99.6 cm³/mol. The van der Waals surface area contributed by atoms with Gasteiger partial charge < -0.3 is 24.8 Å². The van der Waals surface area contributed by atoms with Crippen LogP contribution in [0.25, 0.3) is 0 Å². The number of rotatable bonds is 4. The fourth-order valence-corrected chi connectivity index (χ4v) is 3.13. The van der Waals surface area contributed by atoms with Crippen LogP contribution in [0.3, 0.4) is 0 Å². The average molecular weight is 370 g/mol. The molecule has 142 valence electrons. The molecule has 27 heavy (non-hydrogen) atoms. The molecule has 3 N–H and O–H groups in total. The van der Waals surface area contributed by atoms with E-state index in [2.05, 4.69) is 0 Å². The van der Waals surface area contributed by atoms with Crippen molar-refractivity contribution in [1.82, 2.24) is 0 Å². The van der Waals surface area contributed by atoms with Gasteiger partial charge in [-0.05, 0) is 25.8 Å². The first kappa shape index (κ1) is 18.8. The van der Waals surface area contributed by atoms with Crippen LogP contribution in [0.2, 0.25) is 0 Å². The molecule has 0 radical (unpaired) electrons. The molecule has 2 aromatic rings. The first-order valence-corrected chi connectivity index (χ1v) is 8.58. The van der Waals surface area contributed by atoms with E-state index in [0.29, 0.717) is 5.56 Å². The van der Waals surface area contributed by atoms with Crippen molar-refractivity contribution in [2.24, 2.45) is 0 Å². The first-order valence-electron chi connectivity index (χ1n) is 8.58. The van der Waals surface area contributed by atoms with E-state index in [1.807, 2.05) is 19.9 Å². The van der Waals surface area contributed by atoms with Crippen LogP contribution in [-0.2, 0) is 6.42 Å². The predicted octanol–water partition coefficient (Wildman–Crippen LogP) is 3.29. The number of ether oxygens (including phenoxy) is 2. The number of ketones is 1. The summed E-state index contributed by atoms with van der Waals surface area (Å²) in [7, 11) is 1.34. The Morgan fingerprint density at radius 3 is 2.44 bits per heavy atom. The third kappa shape index (κ3) is 3.24. The first-order chi connectivity index (χ1) is 12.9. The van der Waals surface area contributed by atoms with Gasteiger partial charge in [0.1, 0.15) is 11.3 Å². The molecule has 0 amide bonds. The number of aliphatic hydroxyl groups excluding tert-OH is 1. The molecule has 2 unspecified atom stereocenters. The standard InChI is InChI=1S/C21H22O6/c1-11(2)9-10-13-15(22)14-17(24)18(25)19(12-7-5-4-6-8-12)27-20(14)21(26-3)16(13)23/h4-9,18-19,22-23,25H,10H2,1-3H3. The lowest BCUT2D eigenvalue weighted by Gasteiger charge is -2.32. The van der Waals surface area contributed by atoms with Gasteiger partial charge in [0.15, 0.2) is 23.7 Å². The monoisotopic (exact) mass is 370 g/mol. The minimum atomic E-state index is -1.49. The molecule has 0 saturated heterocycles. The summed E-state index contributed by atoms with van der Waals surface area (Å²) >= 11 is 0. The number of aromatic hydroxyl groups is 2. The highest BCUT2D eigenvalue weighted by molar-refractivity contribution is 6.07. The molecular formula is C21H22O6. The largest absolute Gasteiger partial charge is 0.507 e. The summed E-state index contributed by atoms with van der Waals surface area (Å²) in [6, 6.07) is 8.78. The average Bonchev–Trinajstić information content (AvgIpc) is 2.65. The zero-order valence-electron chi connectivity index (χ0n) is 15.4. The molecule has 6 nitrogen and oxygen atoms in total. The zero-order valence-corrected chi connectivity index (χ0v) is 15.4. The lowest BCUT2D eigenvalue weighted by atomic mass is 9.90. The van der Waals surface area contributed by atoms with Gasteiger partial charge in [0, 0.05) is 5.56 Å². The van der Waals surface area contributed by atoms with E-state index in [9.17, 15) is 20.1 Å². The quantitative estimate of drug-likeness (QED) is 0.715. The van der Waals surface area contributed by atoms with Crippen LogP contribution in [0.4, 0.5) is 0 Å². The summed E-state index contributed by atoms with van der Waals surface area (Å²) in [5, 5.41) is 31.7. The van der Waals surface area contributed by atoms with Gasteiger partial charge in [-0.1, -0.05) is 42.0 Å². The topological polar surface area (TPSA) is 96.2 Å². The second-order valence-electron chi connectivity index (χ2n) is 6.66. The van der Waals surface area contributed by atoms with Crippen molar-refractivity contribution in [3.8, 4) is 23.0 Å². The minimum Gasteiger partial charge on any atom is -0.507 e. The van der Waals surface area contributed by atoms with Gasteiger partial charge in [-0.15, -0.1) is 0 Å². The van der Waals surface area contributed by atoms with Crippen LogP contribution in [0.5, 0.6) is 23.0 Å². The van der Waals surface area contributed by atoms with Crippen molar-refractivity contribution in [3.63, 3.8) is 0 Å². The van der Waals surface area contributed by atoms with E-state index in [1.165, 1.54) is 7.11 Å². The maximum Gasteiger partial charge on any atom is 0.204 e. The number of carbonyl (C=O) groups excluding carboxylic acids is 1. The highest BCUT2D eigenvalue weighted by Gasteiger charge is 2.42. The summed E-state index contributed by atoms with van der Waals surface area (Å²) in [6.45, 7) is 3.76. The zero-order chi connectivity index (χ0) is 19.7. The maximum atomic E-state index is 12.8. The molecule has 0 bridgehead atoms. The van der Waals surface area contributed by atoms with Crippen LogP contribution >= 0.6 is 0 Å². The van der Waals surface area contributed by atoms with E-state index < -0.39 is 23.7 Å². The van der Waals surface area contributed by atoms with E-state index in [0.717, 1.165) is 5.57 Å². The molecule has 3 rings (SSSR count). The molecule has 2 atom stereocenters. The SMILES string of the molecule is COc1c(O)c(CC=C(C)C)c(O)c2c1OC(c1ccccc1)C(O)C2=O. The number of hydrogen-bond donors (Lipinski definition) is 3. The van der Waals surface area contributed by atoms with Crippen LogP contribution < -0.4 is 9.47 Å². The smallest absolute Gasteiger partial charge is 0.204 e. The summed E-state index contributed by atoms with van der Waals surface area (Å²) in [4.78, 5) is 12.8. The number of aliphatic hydroxyl groups is 1. The normalized spacial score (nSPS) is 18.4. The second-order valence-corrected chi connectivity index (χ2v) is 6.66. The fraction of sp³-hybridized carbons (Fsp3) is 0.286. The molecule has 0 aromatic heterocycles. The maximum absolute atomic E-state index is 12.8. The van der Waals surface area contributed by atoms with Gasteiger partial charge in [0.05, 0.1) is 7.11 Å². The van der Waals surface area contributed by atoms with E-state index in [-0.39, 0.29) is 34.8 Å². The van der Waals surface area contributed by atoms with Crippen molar-refractivity contribution < 1.29 is 29.6 Å². The van der Waals surface area contributed by atoms with E-state index in [4.69, 9.17) is 9.47 Å². The van der Waals surface area contributed by atoms with Crippen LogP contribution in [0, 0.1) is 0 Å². The number of benzene rings is 2. The second kappa shape index (κ2) is 7.32.